The summed E-state index contributed by atoms with van der Waals surface area (Å²) in [5.74, 6) is -0.353. The van der Waals surface area contributed by atoms with Crippen molar-refractivity contribution in [2.75, 3.05) is 17.7 Å². The van der Waals surface area contributed by atoms with Crippen LogP contribution in [0, 0.1) is 6.92 Å². The predicted molar refractivity (Wildman–Crippen MR) is 85.3 cm³/mol. The third kappa shape index (κ3) is 3.99. The van der Waals surface area contributed by atoms with E-state index in [0.29, 0.717) is 24.4 Å². The molecule has 21 heavy (non-hydrogen) atoms. The molecule has 2 rings (SSSR count). The number of carbonyl (C=O) groups is 1. The van der Waals surface area contributed by atoms with Crippen molar-refractivity contribution in [3.63, 3.8) is 0 Å². The van der Waals surface area contributed by atoms with Gasteiger partial charge >= 0.3 is 5.97 Å². The van der Waals surface area contributed by atoms with Gasteiger partial charge in [0.25, 0.3) is 0 Å². The van der Waals surface area contributed by atoms with Gasteiger partial charge in [-0.25, -0.2) is 4.79 Å². The Morgan fingerprint density at radius 2 is 1.90 bits per heavy atom. The highest BCUT2D eigenvalue weighted by Crippen LogP contribution is 2.21. The van der Waals surface area contributed by atoms with Crippen LogP contribution in [0.1, 0.15) is 28.4 Å². The average Bonchev–Trinajstić information content (AvgIpc) is 2.48. The summed E-state index contributed by atoms with van der Waals surface area (Å²) in [5, 5.41) is 3.27. The van der Waals surface area contributed by atoms with Gasteiger partial charge in [-0.1, -0.05) is 29.8 Å². The highest BCUT2D eigenvalue weighted by molar-refractivity contribution is 5.91. The minimum atomic E-state index is -0.353. The third-order valence-corrected chi connectivity index (χ3v) is 3.17. The van der Waals surface area contributed by atoms with Crippen LogP contribution in [0.25, 0.3) is 0 Å². The maximum Gasteiger partial charge on any atom is 0.338 e. The van der Waals surface area contributed by atoms with Gasteiger partial charge in [0.1, 0.15) is 0 Å². The second kappa shape index (κ2) is 6.79. The molecule has 0 amide bonds. The molecule has 110 valence electrons. The van der Waals surface area contributed by atoms with Gasteiger partial charge < -0.3 is 15.8 Å². The molecule has 4 heteroatoms. The van der Waals surface area contributed by atoms with E-state index in [-0.39, 0.29) is 5.97 Å². The van der Waals surface area contributed by atoms with Gasteiger partial charge in [-0.05, 0) is 37.6 Å². The van der Waals surface area contributed by atoms with E-state index in [1.165, 1.54) is 11.1 Å². The number of nitrogen functional groups attached to an aromatic ring is 1. The molecule has 0 saturated carbocycles. The highest BCUT2D eigenvalue weighted by Gasteiger charge is 2.08. The Balaban J connectivity index is 2.04. The van der Waals surface area contributed by atoms with E-state index in [4.69, 9.17) is 10.5 Å². The van der Waals surface area contributed by atoms with Crippen molar-refractivity contribution in [3.05, 3.63) is 59.2 Å². The average molecular weight is 284 g/mol. The van der Waals surface area contributed by atoms with E-state index in [1.54, 1.807) is 25.1 Å². The van der Waals surface area contributed by atoms with Crippen molar-refractivity contribution in [1.29, 1.82) is 0 Å². The fraction of sp³-hybridized carbons (Fsp3) is 0.235. The Morgan fingerprint density at radius 1 is 1.19 bits per heavy atom. The molecule has 2 aromatic carbocycles. The molecule has 0 fully saturated rings. The summed E-state index contributed by atoms with van der Waals surface area (Å²) in [5.41, 5.74) is 10.2. The second-order valence-corrected chi connectivity index (χ2v) is 4.86. The predicted octanol–water partition coefficient (Wildman–Crippen LogP) is 3.37. The lowest BCUT2D eigenvalue weighted by Gasteiger charge is -2.11. The van der Waals surface area contributed by atoms with Crippen LogP contribution >= 0.6 is 0 Å². The molecule has 0 heterocycles. The van der Waals surface area contributed by atoms with Crippen LogP contribution in [0.4, 0.5) is 11.4 Å². The van der Waals surface area contributed by atoms with E-state index in [9.17, 15) is 4.79 Å². The molecule has 2 aromatic rings. The monoisotopic (exact) mass is 284 g/mol. The first-order chi connectivity index (χ1) is 10.1. The van der Waals surface area contributed by atoms with Crippen LogP contribution in [-0.2, 0) is 11.3 Å². The van der Waals surface area contributed by atoms with Crippen LogP contribution in [0.5, 0.6) is 0 Å². The first-order valence-corrected chi connectivity index (χ1v) is 6.96. The number of hydrogen-bond donors (Lipinski definition) is 2. The Kier molecular flexibility index (Phi) is 4.82. The Labute approximate surface area is 124 Å². The minimum absolute atomic E-state index is 0.353. The van der Waals surface area contributed by atoms with E-state index >= 15 is 0 Å². The molecule has 3 N–H and O–H groups in total. The molecule has 0 spiro atoms. The van der Waals surface area contributed by atoms with Crippen LogP contribution < -0.4 is 11.1 Å². The van der Waals surface area contributed by atoms with Crippen molar-refractivity contribution in [2.24, 2.45) is 0 Å². The first-order valence-electron chi connectivity index (χ1n) is 6.96. The molecule has 0 bridgehead atoms. The summed E-state index contributed by atoms with van der Waals surface area (Å²) in [6, 6.07) is 13.4. The van der Waals surface area contributed by atoms with Gasteiger partial charge in [0.2, 0.25) is 0 Å². The zero-order chi connectivity index (χ0) is 15.2. The zero-order valence-electron chi connectivity index (χ0n) is 12.3. The SMILES string of the molecule is CCOC(=O)c1ccc(NCc2ccc(C)cc2)c(N)c1. The Hall–Kier alpha value is -2.49. The number of esters is 1. The first kappa shape index (κ1) is 14.9. The summed E-state index contributed by atoms with van der Waals surface area (Å²) in [4.78, 5) is 11.6. The van der Waals surface area contributed by atoms with Crippen LogP contribution in [0.2, 0.25) is 0 Å². The molecule has 0 saturated heterocycles. The number of aryl methyl sites for hydroxylation is 1. The Morgan fingerprint density at radius 3 is 2.52 bits per heavy atom. The van der Waals surface area contributed by atoms with Gasteiger partial charge in [-0.3, -0.25) is 0 Å². The number of hydrogen-bond acceptors (Lipinski definition) is 4. The topological polar surface area (TPSA) is 64.3 Å². The summed E-state index contributed by atoms with van der Waals surface area (Å²) >= 11 is 0. The molecule has 0 aliphatic heterocycles. The number of anilines is 2. The van der Waals surface area contributed by atoms with E-state index in [1.807, 2.05) is 0 Å². The molecule has 0 atom stereocenters. The zero-order valence-corrected chi connectivity index (χ0v) is 12.3. The summed E-state index contributed by atoms with van der Waals surface area (Å²) in [6.07, 6.45) is 0. The summed E-state index contributed by atoms with van der Waals surface area (Å²) in [7, 11) is 0. The van der Waals surface area contributed by atoms with Crippen molar-refractivity contribution in [1.82, 2.24) is 0 Å². The van der Waals surface area contributed by atoms with Crippen molar-refractivity contribution in [2.45, 2.75) is 20.4 Å². The molecule has 0 radical (unpaired) electrons. The number of carbonyl (C=O) groups excluding carboxylic acids is 1. The van der Waals surface area contributed by atoms with Crippen LogP contribution in [0.3, 0.4) is 0 Å². The molecular weight excluding hydrogens is 264 g/mol. The molecule has 0 aliphatic carbocycles. The molecular formula is C17H20N2O2. The normalized spacial score (nSPS) is 10.2. The largest absolute Gasteiger partial charge is 0.462 e. The van der Waals surface area contributed by atoms with Gasteiger partial charge in [0.05, 0.1) is 23.5 Å². The quantitative estimate of drug-likeness (QED) is 0.652. The lowest BCUT2D eigenvalue weighted by molar-refractivity contribution is 0.0526. The van der Waals surface area contributed by atoms with Crippen LogP contribution in [-0.4, -0.2) is 12.6 Å². The lowest BCUT2D eigenvalue weighted by atomic mass is 10.1. The number of nitrogens with two attached hydrogens (primary N) is 1. The van der Waals surface area contributed by atoms with Gasteiger partial charge in [-0.2, -0.15) is 0 Å². The highest BCUT2D eigenvalue weighted by atomic mass is 16.5. The summed E-state index contributed by atoms with van der Waals surface area (Å²) in [6.45, 7) is 4.87. The number of nitrogens with one attached hydrogen (secondary N) is 1. The molecule has 0 aromatic heterocycles. The smallest absolute Gasteiger partial charge is 0.338 e. The molecule has 0 aliphatic rings. The van der Waals surface area contributed by atoms with E-state index < -0.39 is 0 Å². The number of rotatable bonds is 5. The van der Waals surface area contributed by atoms with Gasteiger partial charge in [0.15, 0.2) is 0 Å². The maximum absolute atomic E-state index is 11.6. The molecule has 4 nitrogen and oxygen atoms in total. The fourth-order valence-corrected chi connectivity index (χ4v) is 1.97. The van der Waals surface area contributed by atoms with Crippen LogP contribution in [0.15, 0.2) is 42.5 Å². The van der Waals surface area contributed by atoms with Gasteiger partial charge in [-0.15, -0.1) is 0 Å². The second-order valence-electron chi connectivity index (χ2n) is 4.86. The number of benzene rings is 2. The fourth-order valence-electron chi connectivity index (χ4n) is 1.97. The summed E-state index contributed by atoms with van der Waals surface area (Å²) < 4.78 is 4.95. The van der Waals surface area contributed by atoms with E-state index in [0.717, 1.165) is 5.69 Å². The lowest BCUT2D eigenvalue weighted by Crippen LogP contribution is -2.07. The maximum atomic E-state index is 11.6. The Bertz CT molecular complexity index is 621. The standard InChI is InChI=1S/C17H20N2O2/c1-3-21-17(20)14-8-9-16(15(18)10-14)19-11-13-6-4-12(2)5-7-13/h4-10,19H,3,11,18H2,1-2H3. The minimum Gasteiger partial charge on any atom is -0.462 e. The van der Waals surface area contributed by atoms with Crippen molar-refractivity contribution >= 4 is 17.3 Å². The van der Waals surface area contributed by atoms with Gasteiger partial charge in [0, 0.05) is 6.54 Å². The third-order valence-electron chi connectivity index (χ3n) is 3.17. The number of ether oxygens (including phenoxy) is 1. The van der Waals surface area contributed by atoms with Crippen molar-refractivity contribution in [3.8, 4) is 0 Å². The molecule has 0 unspecified atom stereocenters. The van der Waals surface area contributed by atoms with E-state index in [2.05, 4.69) is 36.5 Å². The van der Waals surface area contributed by atoms with Crippen molar-refractivity contribution < 1.29 is 9.53 Å².